The minimum atomic E-state index is -3.84. The maximum Gasteiger partial charge on any atom is 0.244 e. The zero-order valence-electron chi connectivity index (χ0n) is 13.2. The van der Waals surface area contributed by atoms with Gasteiger partial charge >= 0.3 is 0 Å². The van der Waals surface area contributed by atoms with Gasteiger partial charge in [0.1, 0.15) is 0 Å². The van der Waals surface area contributed by atoms with Crippen molar-refractivity contribution in [3.05, 3.63) is 46.7 Å². The van der Waals surface area contributed by atoms with Gasteiger partial charge in [0.2, 0.25) is 10.0 Å². The normalized spacial score (nSPS) is 19.2. The fraction of sp³-hybridized carbons (Fsp3) is 0.333. The third-order valence-corrected chi connectivity index (χ3v) is 8.28. The molecule has 0 aliphatic carbocycles. The summed E-state index contributed by atoms with van der Waals surface area (Å²) in [5.41, 5.74) is 0.917. The van der Waals surface area contributed by atoms with Gasteiger partial charge in [0, 0.05) is 35.7 Å². The molecule has 1 atom stereocenters. The van der Waals surface area contributed by atoms with Gasteiger partial charge in [-0.1, -0.05) is 0 Å². The predicted molar refractivity (Wildman–Crippen MR) is 94.0 cm³/mol. The van der Waals surface area contributed by atoms with E-state index in [0.29, 0.717) is 17.6 Å². The Balaban J connectivity index is 2.09. The summed E-state index contributed by atoms with van der Waals surface area (Å²) in [7, 11) is -7.33. The molecule has 0 radical (unpaired) electrons. The molecule has 0 bridgehead atoms. The van der Waals surface area contributed by atoms with Crippen LogP contribution in [-0.2, 0) is 26.4 Å². The van der Waals surface area contributed by atoms with Gasteiger partial charge in [-0.3, -0.25) is 0 Å². The van der Waals surface area contributed by atoms with E-state index in [-0.39, 0.29) is 15.8 Å². The molecule has 0 saturated heterocycles. The Morgan fingerprint density at radius 3 is 2.50 bits per heavy atom. The molecule has 1 aliphatic rings. The number of hydrogen-bond acceptors (Lipinski definition) is 4. The van der Waals surface area contributed by atoms with Crippen LogP contribution in [0.4, 0.5) is 0 Å². The Labute approximate surface area is 150 Å². The molecule has 24 heavy (non-hydrogen) atoms. The molecule has 0 amide bonds. The lowest BCUT2D eigenvalue weighted by Gasteiger charge is -2.34. The minimum absolute atomic E-state index is 0.0164. The average Bonchev–Trinajstić information content (AvgIpc) is 2.95. The van der Waals surface area contributed by atoms with E-state index in [1.165, 1.54) is 22.5 Å². The Kier molecular flexibility index (Phi) is 4.40. The van der Waals surface area contributed by atoms with Crippen LogP contribution in [0.2, 0.25) is 0 Å². The highest BCUT2D eigenvalue weighted by atomic mass is 79.9. The average molecular weight is 433 g/mol. The third kappa shape index (κ3) is 2.94. The van der Waals surface area contributed by atoms with Crippen molar-refractivity contribution in [2.24, 2.45) is 0 Å². The smallest absolute Gasteiger partial charge is 0.244 e. The van der Waals surface area contributed by atoms with Crippen LogP contribution in [0, 0.1) is 0 Å². The fourth-order valence-corrected chi connectivity index (χ4v) is 6.20. The molecule has 9 heteroatoms. The van der Waals surface area contributed by atoms with Crippen LogP contribution >= 0.6 is 15.9 Å². The molecule has 3 rings (SSSR count). The number of hydrogen-bond donors (Lipinski definition) is 0. The van der Waals surface area contributed by atoms with Crippen LogP contribution in [-0.4, -0.2) is 38.5 Å². The molecular weight excluding hydrogens is 416 g/mol. The van der Waals surface area contributed by atoms with Crippen molar-refractivity contribution in [2.75, 3.05) is 12.8 Å². The van der Waals surface area contributed by atoms with Crippen molar-refractivity contribution >= 4 is 35.8 Å². The second-order valence-corrected chi connectivity index (χ2v) is 10.5. The van der Waals surface area contributed by atoms with Crippen molar-refractivity contribution in [3.63, 3.8) is 0 Å². The molecule has 0 fully saturated rings. The number of sulfone groups is 1. The first-order valence-electron chi connectivity index (χ1n) is 7.29. The van der Waals surface area contributed by atoms with E-state index in [1.54, 1.807) is 0 Å². The highest BCUT2D eigenvalue weighted by molar-refractivity contribution is 9.10. The van der Waals surface area contributed by atoms with Crippen LogP contribution < -0.4 is 0 Å². The first-order chi connectivity index (χ1) is 11.1. The van der Waals surface area contributed by atoms with E-state index < -0.39 is 19.9 Å². The first-order valence-corrected chi connectivity index (χ1v) is 11.4. The van der Waals surface area contributed by atoms with Crippen molar-refractivity contribution in [2.45, 2.75) is 29.3 Å². The summed E-state index contributed by atoms with van der Waals surface area (Å²) in [6.45, 7) is 2.73. The Morgan fingerprint density at radius 1 is 1.12 bits per heavy atom. The zero-order chi connectivity index (χ0) is 17.7. The van der Waals surface area contributed by atoms with Crippen LogP contribution in [0.15, 0.2) is 50.8 Å². The van der Waals surface area contributed by atoms with Gasteiger partial charge in [-0.2, -0.15) is 4.31 Å². The number of nitrogens with zero attached hydrogens (tertiary/aromatic N) is 2. The number of halogens is 1. The number of rotatable bonds is 3. The van der Waals surface area contributed by atoms with Gasteiger partial charge in [0.15, 0.2) is 9.84 Å². The molecule has 1 aliphatic heterocycles. The van der Waals surface area contributed by atoms with Gasteiger partial charge < -0.3 is 4.57 Å². The minimum Gasteiger partial charge on any atom is -0.349 e. The van der Waals surface area contributed by atoms with Gasteiger partial charge in [0.05, 0.1) is 15.8 Å². The van der Waals surface area contributed by atoms with E-state index in [1.807, 2.05) is 29.8 Å². The summed E-state index contributed by atoms with van der Waals surface area (Å²) in [6, 6.07) is 7.53. The van der Waals surface area contributed by atoms with Gasteiger partial charge in [-0.15, -0.1) is 0 Å². The summed E-state index contributed by atoms with van der Waals surface area (Å²) in [5, 5.41) is 0. The van der Waals surface area contributed by atoms with E-state index >= 15 is 0 Å². The van der Waals surface area contributed by atoms with Crippen molar-refractivity contribution in [1.82, 2.24) is 8.87 Å². The van der Waals surface area contributed by atoms with Gasteiger partial charge in [-0.05, 0) is 53.2 Å². The third-order valence-electron chi connectivity index (χ3n) is 4.20. The Hall–Kier alpha value is -1.16. The van der Waals surface area contributed by atoms with E-state index in [0.717, 1.165) is 11.9 Å². The number of aromatic nitrogens is 1. The van der Waals surface area contributed by atoms with E-state index in [9.17, 15) is 16.8 Å². The largest absolute Gasteiger partial charge is 0.349 e. The highest BCUT2D eigenvalue weighted by Crippen LogP contribution is 2.34. The molecule has 1 aromatic heterocycles. The molecule has 1 unspecified atom stereocenters. The lowest BCUT2D eigenvalue weighted by molar-refractivity contribution is 0.282. The summed E-state index contributed by atoms with van der Waals surface area (Å²) in [5.74, 6) is 0. The molecule has 0 saturated carbocycles. The zero-order valence-corrected chi connectivity index (χ0v) is 16.4. The molecule has 2 aromatic rings. The second-order valence-electron chi connectivity index (χ2n) is 5.78. The highest BCUT2D eigenvalue weighted by Gasteiger charge is 2.35. The van der Waals surface area contributed by atoms with Crippen molar-refractivity contribution in [3.8, 4) is 0 Å². The van der Waals surface area contributed by atoms with E-state index in [2.05, 4.69) is 15.9 Å². The second kappa shape index (κ2) is 5.98. The molecule has 130 valence electrons. The molecular formula is C15H17BrN2O4S2. The fourth-order valence-electron chi connectivity index (χ4n) is 2.92. The van der Waals surface area contributed by atoms with Gasteiger partial charge in [0.25, 0.3) is 0 Å². The van der Waals surface area contributed by atoms with Crippen LogP contribution in [0.1, 0.15) is 18.7 Å². The van der Waals surface area contributed by atoms with Crippen molar-refractivity contribution < 1.29 is 16.8 Å². The monoisotopic (exact) mass is 432 g/mol. The molecule has 2 heterocycles. The maximum atomic E-state index is 13.1. The summed E-state index contributed by atoms with van der Waals surface area (Å²) >= 11 is 3.24. The summed E-state index contributed by atoms with van der Waals surface area (Å²) in [4.78, 5) is -0.0467. The van der Waals surface area contributed by atoms with Crippen LogP contribution in [0.25, 0.3) is 0 Å². The van der Waals surface area contributed by atoms with Crippen LogP contribution in [0.5, 0.6) is 0 Å². The number of fused-ring (bicyclic) bond motifs is 1. The lowest BCUT2D eigenvalue weighted by Crippen LogP contribution is -2.40. The molecule has 1 aromatic carbocycles. The topological polar surface area (TPSA) is 76.5 Å². The first kappa shape index (κ1) is 17.7. The summed E-state index contributed by atoms with van der Waals surface area (Å²) in [6.07, 6.45) is 2.99. The predicted octanol–water partition coefficient (Wildman–Crippen LogP) is 2.42. The maximum absolute atomic E-state index is 13.1. The van der Waals surface area contributed by atoms with Gasteiger partial charge in [-0.25, -0.2) is 16.8 Å². The standard InChI is InChI=1S/C15H17BrN2O4S2/c1-11-14-4-3-7-17(14)8-9-18(11)24(21,22)15-10-12(23(2,19)20)5-6-13(15)16/h3-7,10-11H,8-9H2,1-2H3. The summed E-state index contributed by atoms with van der Waals surface area (Å²) < 4.78 is 53.6. The SMILES string of the molecule is CC1c2cccn2CCN1S(=O)(=O)c1cc(S(C)(=O)=O)ccc1Br. The Morgan fingerprint density at radius 2 is 1.83 bits per heavy atom. The van der Waals surface area contributed by atoms with Crippen molar-refractivity contribution in [1.29, 1.82) is 0 Å². The van der Waals surface area contributed by atoms with E-state index in [4.69, 9.17) is 0 Å². The van der Waals surface area contributed by atoms with Crippen LogP contribution in [0.3, 0.4) is 0 Å². The lowest BCUT2D eigenvalue weighted by atomic mass is 10.2. The Bertz CT molecular complexity index is 996. The molecule has 6 nitrogen and oxygen atoms in total. The number of sulfonamides is 1. The molecule has 0 spiro atoms. The number of benzene rings is 1. The quantitative estimate of drug-likeness (QED) is 0.745. The molecule has 0 N–H and O–H groups in total.